The Morgan fingerprint density at radius 1 is 1.42 bits per heavy atom. The summed E-state index contributed by atoms with van der Waals surface area (Å²) >= 11 is 1.86. The number of hydrogen-bond donors (Lipinski definition) is 1. The van der Waals surface area contributed by atoms with Gasteiger partial charge in [0.05, 0.1) is 0 Å². The van der Waals surface area contributed by atoms with Crippen LogP contribution in [0.3, 0.4) is 0 Å². The van der Waals surface area contributed by atoms with Crippen molar-refractivity contribution in [2.45, 2.75) is 58.5 Å². The minimum atomic E-state index is 0.729. The van der Waals surface area contributed by atoms with E-state index in [1.807, 2.05) is 24.6 Å². The fourth-order valence-electron chi connectivity index (χ4n) is 2.73. The molecule has 1 aliphatic carbocycles. The van der Waals surface area contributed by atoms with Crippen LogP contribution < -0.4 is 10.2 Å². The molecule has 1 N–H and O–H groups in total. The summed E-state index contributed by atoms with van der Waals surface area (Å²) in [6.45, 7) is 6.71. The second-order valence-electron chi connectivity index (χ2n) is 5.95. The summed E-state index contributed by atoms with van der Waals surface area (Å²) in [5.74, 6) is 0.764. The first-order chi connectivity index (χ1) is 9.20. The third-order valence-electron chi connectivity index (χ3n) is 3.85. The predicted molar refractivity (Wildman–Crippen MR) is 83.9 cm³/mol. The lowest BCUT2D eigenvalue weighted by Gasteiger charge is -2.29. The second kappa shape index (κ2) is 7.25. The molecule has 2 rings (SSSR count). The molecule has 0 amide bonds. The molecule has 4 heteroatoms. The Kier molecular flexibility index (Phi) is 5.64. The molecule has 19 heavy (non-hydrogen) atoms. The van der Waals surface area contributed by atoms with Crippen molar-refractivity contribution in [3.05, 3.63) is 11.1 Å². The Bertz CT molecular complexity index is 369. The number of thiazole rings is 1. The molecule has 1 aromatic rings. The molecular formula is C15H27N3S. The van der Waals surface area contributed by atoms with Gasteiger partial charge in [0.25, 0.3) is 0 Å². The van der Waals surface area contributed by atoms with E-state index < -0.39 is 0 Å². The third kappa shape index (κ3) is 4.18. The number of aromatic nitrogens is 1. The van der Waals surface area contributed by atoms with Crippen molar-refractivity contribution >= 4 is 16.5 Å². The van der Waals surface area contributed by atoms with Crippen LogP contribution in [0.5, 0.6) is 0 Å². The summed E-state index contributed by atoms with van der Waals surface area (Å²) < 4.78 is 0. The molecule has 0 atom stereocenters. The summed E-state index contributed by atoms with van der Waals surface area (Å²) in [7, 11) is 1.99. The zero-order valence-corrected chi connectivity index (χ0v) is 13.3. The molecule has 1 fully saturated rings. The zero-order chi connectivity index (χ0) is 13.7. The maximum atomic E-state index is 4.66. The highest BCUT2D eigenvalue weighted by atomic mass is 32.1. The van der Waals surface area contributed by atoms with Gasteiger partial charge in [-0.2, -0.15) is 0 Å². The molecule has 3 nitrogen and oxygen atoms in total. The van der Waals surface area contributed by atoms with Gasteiger partial charge >= 0.3 is 0 Å². The monoisotopic (exact) mass is 281 g/mol. The Balaban J connectivity index is 2.05. The fraction of sp³-hybridized carbons (Fsp3) is 0.800. The van der Waals surface area contributed by atoms with Gasteiger partial charge in [0.15, 0.2) is 5.13 Å². The van der Waals surface area contributed by atoms with Crippen LogP contribution >= 0.6 is 11.3 Å². The lowest BCUT2D eigenvalue weighted by atomic mass is 10.1. The van der Waals surface area contributed by atoms with Crippen LogP contribution in [0.4, 0.5) is 5.13 Å². The normalized spacial score (nSPS) is 16.4. The van der Waals surface area contributed by atoms with Crippen LogP contribution in [0, 0.1) is 5.92 Å². The number of rotatable bonds is 7. The molecule has 0 radical (unpaired) electrons. The predicted octanol–water partition coefficient (Wildman–Crippen LogP) is 3.66. The smallest absolute Gasteiger partial charge is 0.185 e. The molecule has 0 aromatic carbocycles. The number of nitrogens with zero attached hydrogens (tertiary/aromatic N) is 2. The van der Waals surface area contributed by atoms with E-state index in [0.717, 1.165) is 25.0 Å². The van der Waals surface area contributed by atoms with Gasteiger partial charge in [0.1, 0.15) is 0 Å². The van der Waals surface area contributed by atoms with Crippen molar-refractivity contribution < 1.29 is 0 Å². The Labute approximate surface area is 121 Å². The standard InChI is InChI=1S/C15H27N3S/c1-12(2)8-9-18(13-6-4-5-7-13)15-17-11-14(19-15)10-16-3/h11-13,16H,4-10H2,1-3H3. The largest absolute Gasteiger partial charge is 0.345 e. The van der Waals surface area contributed by atoms with E-state index in [1.165, 1.54) is 42.1 Å². The molecule has 0 unspecified atom stereocenters. The van der Waals surface area contributed by atoms with Crippen molar-refractivity contribution in [2.24, 2.45) is 5.92 Å². The summed E-state index contributed by atoms with van der Waals surface area (Å²) in [6, 6.07) is 0.729. The summed E-state index contributed by atoms with van der Waals surface area (Å²) in [6.07, 6.45) is 8.76. The maximum Gasteiger partial charge on any atom is 0.185 e. The van der Waals surface area contributed by atoms with Gasteiger partial charge in [-0.25, -0.2) is 4.98 Å². The Morgan fingerprint density at radius 2 is 2.16 bits per heavy atom. The molecule has 108 valence electrons. The molecule has 0 aliphatic heterocycles. The quantitative estimate of drug-likeness (QED) is 0.827. The van der Waals surface area contributed by atoms with Gasteiger partial charge < -0.3 is 10.2 Å². The molecule has 1 heterocycles. The van der Waals surface area contributed by atoms with Crippen LogP contribution in [0.15, 0.2) is 6.20 Å². The van der Waals surface area contributed by atoms with Crippen LogP contribution in [0.25, 0.3) is 0 Å². The summed E-state index contributed by atoms with van der Waals surface area (Å²) in [5.41, 5.74) is 0. The van der Waals surface area contributed by atoms with Crippen molar-refractivity contribution in [3.63, 3.8) is 0 Å². The van der Waals surface area contributed by atoms with Gasteiger partial charge in [0, 0.05) is 30.2 Å². The summed E-state index contributed by atoms with van der Waals surface area (Å²) in [4.78, 5) is 8.58. The molecule has 1 aromatic heterocycles. The van der Waals surface area contributed by atoms with Crippen LogP contribution in [0.2, 0.25) is 0 Å². The lowest BCUT2D eigenvalue weighted by molar-refractivity contribution is 0.528. The molecular weight excluding hydrogens is 254 g/mol. The number of nitrogens with one attached hydrogen (secondary N) is 1. The average molecular weight is 281 g/mol. The van der Waals surface area contributed by atoms with Crippen molar-refractivity contribution in [3.8, 4) is 0 Å². The fourth-order valence-corrected chi connectivity index (χ4v) is 3.75. The van der Waals surface area contributed by atoms with E-state index in [-0.39, 0.29) is 0 Å². The van der Waals surface area contributed by atoms with Gasteiger partial charge in [-0.1, -0.05) is 26.7 Å². The highest BCUT2D eigenvalue weighted by Crippen LogP contribution is 2.31. The van der Waals surface area contributed by atoms with E-state index in [9.17, 15) is 0 Å². The lowest BCUT2D eigenvalue weighted by Crippen LogP contribution is -2.34. The highest BCUT2D eigenvalue weighted by Gasteiger charge is 2.24. The van der Waals surface area contributed by atoms with Crippen molar-refractivity contribution in [1.29, 1.82) is 0 Å². The minimum Gasteiger partial charge on any atom is -0.345 e. The number of hydrogen-bond acceptors (Lipinski definition) is 4. The third-order valence-corrected chi connectivity index (χ3v) is 4.89. The van der Waals surface area contributed by atoms with E-state index in [4.69, 9.17) is 0 Å². The Morgan fingerprint density at radius 3 is 2.79 bits per heavy atom. The van der Waals surface area contributed by atoms with Crippen LogP contribution in [-0.2, 0) is 6.54 Å². The van der Waals surface area contributed by atoms with Gasteiger partial charge in [-0.05, 0) is 32.2 Å². The first-order valence-electron chi connectivity index (χ1n) is 7.56. The SMILES string of the molecule is CNCc1cnc(N(CCC(C)C)C2CCCC2)s1. The van der Waals surface area contributed by atoms with Gasteiger partial charge in [-0.15, -0.1) is 11.3 Å². The van der Waals surface area contributed by atoms with E-state index in [1.54, 1.807) is 0 Å². The summed E-state index contributed by atoms with van der Waals surface area (Å²) in [5, 5.41) is 4.44. The van der Waals surface area contributed by atoms with Crippen molar-refractivity contribution in [2.75, 3.05) is 18.5 Å². The van der Waals surface area contributed by atoms with Crippen LogP contribution in [0.1, 0.15) is 50.8 Å². The molecule has 0 bridgehead atoms. The molecule has 0 spiro atoms. The first-order valence-corrected chi connectivity index (χ1v) is 8.38. The van der Waals surface area contributed by atoms with E-state index >= 15 is 0 Å². The van der Waals surface area contributed by atoms with E-state index in [0.29, 0.717) is 0 Å². The first kappa shape index (κ1) is 14.8. The second-order valence-corrected chi connectivity index (χ2v) is 7.05. The van der Waals surface area contributed by atoms with E-state index in [2.05, 4.69) is 29.0 Å². The van der Waals surface area contributed by atoms with Crippen molar-refractivity contribution in [1.82, 2.24) is 10.3 Å². The van der Waals surface area contributed by atoms with Gasteiger partial charge in [-0.3, -0.25) is 0 Å². The molecule has 0 saturated heterocycles. The molecule has 1 saturated carbocycles. The average Bonchev–Trinajstić information content (AvgIpc) is 3.01. The zero-order valence-electron chi connectivity index (χ0n) is 12.5. The topological polar surface area (TPSA) is 28.2 Å². The Hall–Kier alpha value is -0.610. The minimum absolute atomic E-state index is 0.729. The highest BCUT2D eigenvalue weighted by molar-refractivity contribution is 7.15. The van der Waals surface area contributed by atoms with Gasteiger partial charge in [0.2, 0.25) is 0 Å². The number of anilines is 1. The maximum absolute atomic E-state index is 4.66. The molecule has 1 aliphatic rings. The van der Waals surface area contributed by atoms with Crippen LogP contribution in [-0.4, -0.2) is 24.6 Å².